The number of aryl methyl sites for hydroxylation is 2. The molecule has 0 aliphatic heterocycles. The molecule has 92 valence electrons. The Balaban J connectivity index is 2.49. The maximum absolute atomic E-state index is 10.8. The highest BCUT2D eigenvalue weighted by Gasteiger charge is 2.08. The predicted molar refractivity (Wildman–Crippen MR) is 63.7 cm³/mol. The first-order valence-electron chi connectivity index (χ1n) is 4.79. The molecule has 0 aromatic carbocycles. The monoisotopic (exact) mass is 247 g/mol. The van der Waals surface area contributed by atoms with Crippen molar-refractivity contribution < 1.29 is 8.42 Å². The molecule has 0 atom stereocenters. The second kappa shape index (κ2) is 4.71. The standard InChI is InChI=1S/C8H17N5O2S/c1-6-7(9)8(13(2)12-6)10-4-5-11-16(3,14)15/h10-11H,4-5,9H2,1-3H3. The minimum Gasteiger partial charge on any atom is -0.394 e. The van der Waals surface area contributed by atoms with Crippen LogP contribution in [-0.4, -0.2) is 37.5 Å². The van der Waals surface area contributed by atoms with Crippen LogP contribution in [0.1, 0.15) is 5.69 Å². The number of anilines is 2. The molecule has 1 rings (SSSR count). The first kappa shape index (κ1) is 12.8. The summed E-state index contributed by atoms with van der Waals surface area (Å²) in [5.74, 6) is 0.702. The van der Waals surface area contributed by atoms with E-state index in [1.807, 2.05) is 6.92 Å². The topological polar surface area (TPSA) is 102 Å². The summed E-state index contributed by atoms with van der Waals surface area (Å²) in [6.07, 6.45) is 1.12. The maximum atomic E-state index is 10.8. The summed E-state index contributed by atoms with van der Waals surface area (Å²) in [5.41, 5.74) is 7.12. The van der Waals surface area contributed by atoms with Crippen LogP contribution in [0.15, 0.2) is 0 Å². The molecule has 7 nitrogen and oxygen atoms in total. The summed E-state index contributed by atoms with van der Waals surface area (Å²) in [4.78, 5) is 0. The summed E-state index contributed by atoms with van der Waals surface area (Å²) < 4.78 is 25.6. The van der Waals surface area contributed by atoms with Crippen LogP contribution >= 0.6 is 0 Å². The van der Waals surface area contributed by atoms with Crippen molar-refractivity contribution in [3.63, 3.8) is 0 Å². The third-order valence-corrected chi connectivity index (χ3v) is 2.78. The lowest BCUT2D eigenvalue weighted by molar-refractivity contribution is 0.589. The molecule has 0 bridgehead atoms. The normalized spacial score (nSPS) is 11.7. The zero-order valence-electron chi connectivity index (χ0n) is 9.61. The number of rotatable bonds is 5. The number of hydrogen-bond acceptors (Lipinski definition) is 5. The number of nitrogens with zero attached hydrogens (tertiary/aromatic N) is 2. The molecule has 0 saturated heterocycles. The summed E-state index contributed by atoms with van der Waals surface area (Å²) in [7, 11) is -1.36. The Morgan fingerprint density at radius 2 is 2.06 bits per heavy atom. The van der Waals surface area contributed by atoms with Gasteiger partial charge in [-0.25, -0.2) is 13.1 Å². The molecule has 0 saturated carbocycles. The van der Waals surface area contributed by atoms with Crippen molar-refractivity contribution in [3.05, 3.63) is 5.69 Å². The molecule has 0 aliphatic carbocycles. The van der Waals surface area contributed by atoms with Crippen molar-refractivity contribution in [2.45, 2.75) is 6.92 Å². The van der Waals surface area contributed by atoms with Crippen molar-refractivity contribution in [1.29, 1.82) is 0 Å². The maximum Gasteiger partial charge on any atom is 0.208 e. The highest BCUT2D eigenvalue weighted by Crippen LogP contribution is 2.20. The minimum atomic E-state index is -3.14. The molecule has 8 heteroatoms. The lowest BCUT2D eigenvalue weighted by atomic mass is 10.4. The summed E-state index contributed by atoms with van der Waals surface area (Å²) >= 11 is 0. The van der Waals surface area contributed by atoms with Crippen LogP contribution < -0.4 is 15.8 Å². The number of nitrogens with one attached hydrogen (secondary N) is 2. The lowest BCUT2D eigenvalue weighted by Gasteiger charge is -2.07. The Bertz CT molecular complexity index is 465. The van der Waals surface area contributed by atoms with E-state index in [-0.39, 0.29) is 0 Å². The van der Waals surface area contributed by atoms with Gasteiger partial charge >= 0.3 is 0 Å². The van der Waals surface area contributed by atoms with Gasteiger partial charge in [-0.1, -0.05) is 0 Å². The Kier molecular flexibility index (Phi) is 3.76. The van der Waals surface area contributed by atoms with Crippen LogP contribution in [0.25, 0.3) is 0 Å². The zero-order chi connectivity index (χ0) is 12.3. The fourth-order valence-electron chi connectivity index (χ4n) is 1.30. The van der Waals surface area contributed by atoms with E-state index in [2.05, 4.69) is 15.1 Å². The number of nitrogen functional groups attached to an aromatic ring is 1. The molecule has 0 fully saturated rings. The van der Waals surface area contributed by atoms with Gasteiger partial charge in [0.05, 0.1) is 17.6 Å². The van der Waals surface area contributed by atoms with Crippen LogP contribution in [0.4, 0.5) is 11.5 Å². The van der Waals surface area contributed by atoms with Gasteiger partial charge in [0.2, 0.25) is 10.0 Å². The Labute approximate surface area is 95.1 Å². The van der Waals surface area contributed by atoms with Gasteiger partial charge in [-0.2, -0.15) is 5.10 Å². The van der Waals surface area contributed by atoms with Crippen molar-refractivity contribution >= 4 is 21.5 Å². The van der Waals surface area contributed by atoms with Crippen LogP contribution in [-0.2, 0) is 17.1 Å². The average Bonchev–Trinajstić information content (AvgIpc) is 2.36. The molecule has 0 unspecified atom stereocenters. The third-order valence-electron chi connectivity index (χ3n) is 2.05. The molecule has 16 heavy (non-hydrogen) atoms. The number of hydrogen-bond donors (Lipinski definition) is 3. The number of sulfonamides is 1. The lowest BCUT2D eigenvalue weighted by Crippen LogP contribution is -2.28. The summed E-state index contributed by atoms with van der Waals surface area (Å²) in [6, 6.07) is 0. The van der Waals surface area contributed by atoms with Crippen LogP contribution in [0.2, 0.25) is 0 Å². The van der Waals surface area contributed by atoms with Gasteiger partial charge in [-0.15, -0.1) is 0 Å². The Morgan fingerprint density at radius 3 is 2.50 bits per heavy atom. The van der Waals surface area contributed by atoms with Crippen LogP contribution in [0.5, 0.6) is 0 Å². The first-order valence-corrected chi connectivity index (χ1v) is 6.68. The van der Waals surface area contributed by atoms with Crippen molar-refractivity contribution in [1.82, 2.24) is 14.5 Å². The van der Waals surface area contributed by atoms with E-state index < -0.39 is 10.0 Å². The molecular weight excluding hydrogens is 230 g/mol. The van der Waals surface area contributed by atoms with E-state index in [4.69, 9.17) is 5.73 Å². The molecule has 1 aromatic rings. The van der Waals surface area contributed by atoms with Gasteiger partial charge in [0, 0.05) is 20.1 Å². The second-order valence-corrected chi connectivity index (χ2v) is 5.40. The average molecular weight is 247 g/mol. The smallest absolute Gasteiger partial charge is 0.208 e. The van der Waals surface area contributed by atoms with Crippen LogP contribution in [0.3, 0.4) is 0 Å². The van der Waals surface area contributed by atoms with Gasteiger partial charge in [0.25, 0.3) is 0 Å². The van der Waals surface area contributed by atoms with Gasteiger partial charge in [0.1, 0.15) is 5.82 Å². The van der Waals surface area contributed by atoms with Crippen molar-refractivity contribution in [2.75, 3.05) is 30.4 Å². The van der Waals surface area contributed by atoms with E-state index in [1.165, 1.54) is 0 Å². The van der Waals surface area contributed by atoms with Gasteiger partial charge < -0.3 is 11.1 Å². The van der Waals surface area contributed by atoms with Crippen molar-refractivity contribution in [2.24, 2.45) is 7.05 Å². The van der Waals surface area contributed by atoms with Gasteiger partial charge in [0.15, 0.2) is 0 Å². The largest absolute Gasteiger partial charge is 0.394 e. The number of nitrogens with two attached hydrogens (primary N) is 1. The van der Waals surface area contributed by atoms with E-state index in [0.717, 1.165) is 11.9 Å². The summed E-state index contributed by atoms with van der Waals surface area (Å²) in [6.45, 7) is 2.58. The van der Waals surface area contributed by atoms with E-state index in [1.54, 1.807) is 11.7 Å². The quantitative estimate of drug-likeness (QED) is 0.595. The van der Waals surface area contributed by atoms with Gasteiger partial charge in [-0.05, 0) is 6.92 Å². The highest BCUT2D eigenvalue weighted by molar-refractivity contribution is 7.88. The molecule has 0 amide bonds. The Morgan fingerprint density at radius 1 is 1.44 bits per heavy atom. The molecule has 0 aliphatic rings. The Hall–Kier alpha value is -1.28. The van der Waals surface area contributed by atoms with Crippen molar-refractivity contribution in [3.8, 4) is 0 Å². The number of aromatic nitrogens is 2. The van der Waals surface area contributed by atoms with Crippen LogP contribution in [0, 0.1) is 6.92 Å². The van der Waals surface area contributed by atoms with E-state index in [9.17, 15) is 8.42 Å². The first-order chi connectivity index (χ1) is 7.31. The van der Waals surface area contributed by atoms with E-state index >= 15 is 0 Å². The molecule has 0 radical (unpaired) electrons. The van der Waals surface area contributed by atoms with E-state index in [0.29, 0.717) is 24.6 Å². The molecule has 1 heterocycles. The molecule has 1 aromatic heterocycles. The highest BCUT2D eigenvalue weighted by atomic mass is 32.2. The van der Waals surface area contributed by atoms with Gasteiger partial charge in [-0.3, -0.25) is 4.68 Å². The fourth-order valence-corrected chi connectivity index (χ4v) is 1.77. The summed E-state index contributed by atoms with van der Waals surface area (Å²) in [5, 5.41) is 7.15. The molecular formula is C8H17N5O2S. The second-order valence-electron chi connectivity index (χ2n) is 3.56. The molecule has 4 N–H and O–H groups in total. The third kappa shape index (κ3) is 3.38. The fraction of sp³-hybridized carbons (Fsp3) is 0.625. The zero-order valence-corrected chi connectivity index (χ0v) is 10.4. The SMILES string of the molecule is Cc1nn(C)c(NCCNS(C)(=O)=O)c1N. The minimum absolute atomic E-state index is 0.308. The molecule has 0 spiro atoms. The predicted octanol–water partition coefficient (Wildman–Crippen LogP) is -0.728.